The molecule has 2 rings (SSSR count). The van der Waals surface area contributed by atoms with Crippen molar-refractivity contribution < 1.29 is 4.79 Å². The summed E-state index contributed by atoms with van der Waals surface area (Å²) < 4.78 is 0. The van der Waals surface area contributed by atoms with Crippen LogP contribution in [-0.4, -0.2) is 19.0 Å². The van der Waals surface area contributed by atoms with E-state index in [2.05, 4.69) is 24.5 Å². The Bertz CT molecular complexity index is 456. The van der Waals surface area contributed by atoms with Crippen LogP contribution in [0.25, 0.3) is 0 Å². The Morgan fingerprint density at radius 1 is 1.36 bits per heavy atom. The van der Waals surface area contributed by atoms with Crippen molar-refractivity contribution in [1.29, 1.82) is 0 Å². The zero-order valence-corrected chi connectivity index (χ0v) is 14.8. The molecule has 1 saturated heterocycles. The largest absolute Gasteiger partial charge is 0.349 e. The number of carbonyl (C=O) groups is 1. The van der Waals surface area contributed by atoms with E-state index < -0.39 is 0 Å². The molecule has 0 spiro atoms. The van der Waals surface area contributed by atoms with Crippen LogP contribution in [0.5, 0.6) is 0 Å². The summed E-state index contributed by atoms with van der Waals surface area (Å²) in [5, 5.41) is 7.26. The highest BCUT2D eigenvalue weighted by molar-refractivity contribution is 6.30. The van der Waals surface area contributed by atoms with Gasteiger partial charge >= 0.3 is 0 Å². The molecular weight excluding hydrogens is 319 g/mol. The quantitative estimate of drug-likeness (QED) is 0.848. The summed E-state index contributed by atoms with van der Waals surface area (Å²) in [6, 6.07) is 7.86. The van der Waals surface area contributed by atoms with E-state index in [1.807, 2.05) is 24.3 Å². The van der Waals surface area contributed by atoms with E-state index >= 15 is 0 Å². The standard InChI is InChI=1S/C17H25ClN2O.ClH/c1-12(2)10-16(13-5-7-15(18)8-6-13)20-17(21)14-4-3-9-19-11-14;/h5-8,12,14,16,19H,3-4,9-11H2,1-2H3,(H,20,21);1H. The maximum Gasteiger partial charge on any atom is 0.224 e. The predicted octanol–water partition coefficient (Wildman–Crippen LogP) is 3.96. The molecule has 2 N–H and O–H groups in total. The Labute approximate surface area is 144 Å². The average molecular weight is 345 g/mol. The fraction of sp³-hybridized carbons (Fsp3) is 0.588. The van der Waals surface area contributed by atoms with Crippen molar-refractivity contribution >= 4 is 29.9 Å². The van der Waals surface area contributed by atoms with Crippen molar-refractivity contribution in [3.05, 3.63) is 34.9 Å². The molecule has 0 bridgehead atoms. The van der Waals surface area contributed by atoms with E-state index in [1.165, 1.54) is 0 Å². The molecule has 1 aromatic carbocycles. The lowest BCUT2D eigenvalue weighted by Gasteiger charge is -2.26. The SMILES string of the molecule is CC(C)CC(NC(=O)C1CCCNC1)c1ccc(Cl)cc1.Cl. The highest BCUT2D eigenvalue weighted by atomic mass is 35.5. The van der Waals surface area contributed by atoms with Gasteiger partial charge in [0.05, 0.1) is 12.0 Å². The summed E-state index contributed by atoms with van der Waals surface area (Å²) in [6.45, 7) is 6.17. The summed E-state index contributed by atoms with van der Waals surface area (Å²) in [5.41, 5.74) is 1.13. The monoisotopic (exact) mass is 344 g/mol. The summed E-state index contributed by atoms with van der Waals surface area (Å²) >= 11 is 5.95. The minimum Gasteiger partial charge on any atom is -0.349 e. The third-order valence-electron chi connectivity index (χ3n) is 3.96. The number of hydrogen-bond acceptors (Lipinski definition) is 2. The molecule has 1 heterocycles. The van der Waals surface area contributed by atoms with Crippen LogP contribution in [0.2, 0.25) is 5.02 Å². The number of nitrogens with one attached hydrogen (secondary N) is 2. The van der Waals surface area contributed by atoms with E-state index in [0.717, 1.165) is 42.9 Å². The van der Waals surface area contributed by atoms with Crippen molar-refractivity contribution in [2.45, 2.75) is 39.2 Å². The molecule has 0 radical (unpaired) electrons. The molecule has 2 atom stereocenters. The van der Waals surface area contributed by atoms with Crippen LogP contribution < -0.4 is 10.6 Å². The van der Waals surface area contributed by atoms with Crippen LogP contribution in [0, 0.1) is 11.8 Å². The van der Waals surface area contributed by atoms with Crippen LogP contribution in [0.1, 0.15) is 44.7 Å². The van der Waals surface area contributed by atoms with Gasteiger partial charge in [0.15, 0.2) is 0 Å². The normalized spacial score (nSPS) is 19.4. The van der Waals surface area contributed by atoms with Crippen molar-refractivity contribution in [2.24, 2.45) is 11.8 Å². The third-order valence-corrected chi connectivity index (χ3v) is 4.22. The Hall–Kier alpha value is -0.770. The molecule has 22 heavy (non-hydrogen) atoms. The Morgan fingerprint density at radius 3 is 2.59 bits per heavy atom. The minimum absolute atomic E-state index is 0. The molecule has 1 aromatic rings. The first-order chi connectivity index (χ1) is 10.1. The maximum absolute atomic E-state index is 12.5. The van der Waals surface area contributed by atoms with E-state index in [4.69, 9.17) is 11.6 Å². The van der Waals surface area contributed by atoms with E-state index in [1.54, 1.807) is 0 Å². The number of benzene rings is 1. The lowest BCUT2D eigenvalue weighted by molar-refractivity contribution is -0.126. The fourth-order valence-electron chi connectivity index (χ4n) is 2.81. The van der Waals surface area contributed by atoms with Crippen LogP contribution in [-0.2, 0) is 4.79 Å². The first kappa shape index (κ1) is 19.3. The van der Waals surface area contributed by atoms with Crippen LogP contribution >= 0.6 is 24.0 Å². The topological polar surface area (TPSA) is 41.1 Å². The van der Waals surface area contributed by atoms with E-state index in [-0.39, 0.29) is 30.3 Å². The van der Waals surface area contributed by atoms with E-state index in [0.29, 0.717) is 5.92 Å². The smallest absolute Gasteiger partial charge is 0.224 e. The molecule has 0 aliphatic carbocycles. The molecule has 0 saturated carbocycles. The number of piperidine rings is 1. The predicted molar refractivity (Wildman–Crippen MR) is 94.6 cm³/mol. The van der Waals surface area contributed by atoms with Gasteiger partial charge in [-0.3, -0.25) is 4.79 Å². The number of amides is 1. The van der Waals surface area contributed by atoms with Gasteiger partial charge in [-0.15, -0.1) is 12.4 Å². The first-order valence-corrected chi connectivity index (χ1v) is 8.20. The van der Waals surface area contributed by atoms with Gasteiger partial charge in [-0.2, -0.15) is 0 Å². The molecule has 1 amide bonds. The molecule has 124 valence electrons. The number of hydrogen-bond donors (Lipinski definition) is 2. The van der Waals surface area contributed by atoms with Gasteiger partial charge in [-0.25, -0.2) is 0 Å². The highest BCUT2D eigenvalue weighted by Gasteiger charge is 2.24. The van der Waals surface area contributed by atoms with Gasteiger partial charge in [0.25, 0.3) is 0 Å². The summed E-state index contributed by atoms with van der Waals surface area (Å²) in [6.07, 6.45) is 3.00. The lowest BCUT2D eigenvalue weighted by Crippen LogP contribution is -2.42. The number of carbonyl (C=O) groups excluding carboxylic acids is 1. The van der Waals surface area contributed by atoms with Gasteiger partial charge in [-0.1, -0.05) is 37.6 Å². The summed E-state index contributed by atoms with van der Waals surface area (Å²) in [4.78, 5) is 12.5. The van der Waals surface area contributed by atoms with Crippen molar-refractivity contribution in [1.82, 2.24) is 10.6 Å². The van der Waals surface area contributed by atoms with Crippen molar-refractivity contribution in [3.63, 3.8) is 0 Å². The molecule has 1 fully saturated rings. The fourth-order valence-corrected chi connectivity index (χ4v) is 2.94. The summed E-state index contributed by atoms with van der Waals surface area (Å²) in [7, 11) is 0. The zero-order valence-electron chi connectivity index (χ0n) is 13.3. The van der Waals surface area contributed by atoms with Gasteiger partial charge in [0.1, 0.15) is 0 Å². The van der Waals surface area contributed by atoms with Gasteiger partial charge in [-0.05, 0) is 49.4 Å². The highest BCUT2D eigenvalue weighted by Crippen LogP contribution is 2.24. The van der Waals surface area contributed by atoms with Gasteiger partial charge < -0.3 is 10.6 Å². The second kappa shape index (κ2) is 9.39. The van der Waals surface area contributed by atoms with E-state index in [9.17, 15) is 4.79 Å². The summed E-state index contributed by atoms with van der Waals surface area (Å²) in [5.74, 6) is 0.791. The van der Waals surface area contributed by atoms with Crippen molar-refractivity contribution in [2.75, 3.05) is 13.1 Å². The minimum atomic E-state index is 0. The van der Waals surface area contributed by atoms with Gasteiger partial charge in [0.2, 0.25) is 5.91 Å². The lowest BCUT2D eigenvalue weighted by atomic mass is 9.94. The average Bonchev–Trinajstić information content (AvgIpc) is 2.48. The molecule has 1 aliphatic rings. The number of halogens is 2. The van der Waals surface area contributed by atoms with Crippen LogP contribution in [0.3, 0.4) is 0 Å². The Morgan fingerprint density at radius 2 is 2.05 bits per heavy atom. The number of rotatable bonds is 5. The van der Waals surface area contributed by atoms with Crippen molar-refractivity contribution in [3.8, 4) is 0 Å². The van der Waals surface area contributed by atoms with Gasteiger partial charge in [0, 0.05) is 11.6 Å². The molecular formula is C17H26Cl2N2O. The molecule has 3 nitrogen and oxygen atoms in total. The first-order valence-electron chi connectivity index (χ1n) is 7.83. The third kappa shape index (κ3) is 5.79. The molecule has 0 aromatic heterocycles. The Kier molecular flexibility index (Phi) is 8.23. The zero-order chi connectivity index (χ0) is 15.2. The van der Waals surface area contributed by atoms with Crippen LogP contribution in [0.15, 0.2) is 24.3 Å². The van der Waals surface area contributed by atoms with Crippen LogP contribution in [0.4, 0.5) is 0 Å². The maximum atomic E-state index is 12.5. The second-order valence-corrected chi connectivity index (χ2v) is 6.72. The second-order valence-electron chi connectivity index (χ2n) is 6.29. The molecule has 2 unspecified atom stereocenters. The molecule has 1 aliphatic heterocycles. The Balaban J connectivity index is 0.00000242. The molecule has 5 heteroatoms.